The molecule has 0 bridgehead atoms. The number of hydrogen-bond donors (Lipinski definition) is 1. The number of benzene rings is 1. The van der Waals surface area contributed by atoms with Crippen LogP contribution in [0.5, 0.6) is 0 Å². The monoisotopic (exact) mass is 221 g/mol. The van der Waals surface area contributed by atoms with Gasteiger partial charge in [0.2, 0.25) is 5.91 Å². The van der Waals surface area contributed by atoms with Crippen molar-refractivity contribution in [1.82, 2.24) is 5.32 Å². The smallest absolute Gasteiger partial charge is 0.230 e. The quantitative estimate of drug-likeness (QED) is 0.834. The molecule has 0 aromatic heterocycles. The summed E-state index contributed by atoms with van der Waals surface area (Å²) in [6, 6.07) is 6.39. The van der Waals surface area contributed by atoms with Crippen molar-refractivity contribution in [2.75, 3.05) is 0 Å². The van der Waals surface area contributed by atoms with Crippen LogP contribution in [0.1, 0.15) is 32.3 Å². The fourth-order valence-corrected chi connectivity index (χ4v) is 1.94. The molecule has 0 atom stereocenters. The van der Waals surface area contributed by atoms with Crippen LogP contribution < -0.4 is 5.32 Å². The van der Waals surface area contributed by atoms with E-state index in [4.69, 9.17) is 0 Å². The summed E-state index contributed by atoms with van der Waals surface area (Å²) in [4.78, 5) is 12.0. The average Bonchev–Trinajstić information content (AvgIpc) is 2.98. The first-order chi connectivity index (χ1) is 7.54. The Morgan fingerprint density at radius 1 is 1.31 bits per heavy atom. The summed E-state index contributed by atoms with van der Waals surface area (Å²) in [6.45, 7) is 3.89. The molecule has 1 fully saturated rings. The van der Waals surface area contributed by atoms with Crippen molar-refractivity contribution in [3.8, 4) is 0 Å². The molecule has 0 spiro atoms. The molecule has 1 saturated carbocycles. The zero-order valence-corrected chi connectivity index (χ0v) is 9.59. The Balaban J connectivity index is 2.19. The van der Waals surface area contributed by atoms with E-state index in [2.05, 4.69) is 5.32 Å². The summed E-state index contributed by atoms with van der Waals surface area (Å²) in [7, 11) is 0. The van der Waals surface area contributed by atoms with Gasteiger partial charge in [-0.25, -0.2) is 4.39 Å². The number of halogens is 1. The van der Waals surface area contributed by atoms with Crippen molar-refractivity contribution >= 4 is 5.91 Å². The van der Waals surface area contributed by atoms with E-state index in [0.29, 0.717) is 0 Å². The maximum Gasteiger partial charge on any atom is 0.230 e. The van der Waals surface area contributed by atoms with Gasteiger partial charge in [-0.05, 0) is 44.4 Å². The molecular weight excluding hydrogens is 205 g/mol. The first-order valence-corrected chi connectivity index (χ1v) is 5.61. The molecule has 16 heavy (non-hydrogen) atoms. The standard InChI is InChI=1S/C13H16FNO/c1-9(2)15-12(16)13(7-8-13)10-3-5-11(14)6-4-10/h3-6,9H,7-8H2,1-2H3,(H,15,16). The summed E-state index contributed by atoms with van der Waals surface area (Å²) in [5, 5.41) is 2.93. The predicted molar refractivity (Wildman–Crippen MR) is 60.6 cm³/mol. The third-order valence-corrected chi connectivity index (χ3v) is 3.00. The van der Waals surface area contributed by atoms with Crippen LogP contribution >= 0.6 is 0 Å². The van der Waals surface area contributed by atoms with Crippen LogP contribution in [0.15, 0.2) is 24.3 Å². The Morgan fingerprint density at radius 2 is 1.88 bits per heavy atom. The fraction of sp³-hybridized carbons (Fsp3) is 0.462. The number of nitrogens with one attached hydrogen (secondary N) is 1. The van der Waals surface area contributed by atoms with E-state index in [0.717, 1.165) is 18.4 Å². The van der Waals surface area contributed by atoms with Crippen LogP contribution in [0, 0.1) is 5.82 Å². The molecule has 2 nitrogen and oxygen atoms in total. The lowest BCUT2D eigenvalue weighted by atomic mass is 9.95. The normalized spacial score (nSPS) is 17.2. The minimum Gasteiger partial charge on any atom is -0.353 e. The Bertz CT molecular complexity index is 393. The third kappa shape index (κ3) is 1.94. The van der Waals surface area contributed by atoms with Gasteiger partial charge in [0.15, 0.2) is 0 Å². The molecule has 2 rings (SSSR count). The van der Waals surface area contributed by atoms with Gasteiger partial charge in [-0.1, -0.05) is 12.1 Å². The van der Waals surface area contributed by atoms with Gasteiger partial charge in [0.05, 0.1) is 5.41 Å². The number of carbonyl (C=O) groups excluding carboxylic acids is 1. The molecular formula is C13H16FNO. The Labute approximate surface area is 94.9 Å². The van der Waals surface area contributed by atoms with E-state index in [1.807, 2.05) is 13.8 Å². The zero-order chi connectivity index (χ0) is 11.8. The van der Waals surface area contributed by atoms with Crippen molar-refractivity contribution in [2.45, 2.75) is 38.1 Å². The highest BCUT2D eigenvalue weighted by Crippen LogP contribution is 2.48. The largest absolute Gasteiger partial charge is 0.353 e. The molecule has 1 aromatic rings. The Kier molecular flexibility index (Phi) is 2.70. The minimum atomic E-state index is -0.391. The van der Waals surface area contributed by atoms with Gasteiger partial charge in [-0.3, -0.25) is 4.79 Å². The predicted octanol–water partition coefficient (Wildman–Crippen LogP) is 2.38. The van der Waals surface area contributed by atoms with Crippen LogP contribution in [0.3, 0.4) is 0 Å². The second-order valence-corrected chi connectivity index (χ2v) is 4.72. The molecule has 1 amide bonds. The lowest BCUT2D eigenvalue weighted by Gasteiger charge is -2.17. The van der Waals surface area contributed by atoms with Crippen LogP contribution in [0.4, 0.5) is 4.39 Å². The highest BCUT2D eigenvalue weighted by molar-refractivity contribution is 5.91. The SMILES string of the molecule is CC(C)NC(=O)C1(c2ccc(F)cc2)CC1. The van der Waals surface area contributed by atoms with E-state index in [9.17, 15) is 9.18 Å². The van der Waals surface area contributed by atoms with Gasteiger partial charge < -0.3 is 5.32 Å². The molecule has 0 aliphatic heterocycles. The molecule has 0 unspecified atom stereocenters. The van der Waals surface area contributed by atoms with Gasteiger partial charge in [-0.2, -0.15) is 0 Å². The van der Waals surface area contributed by atoms with Gasteiger partial charge in [0.25, 0.3) is 0 Å². The van der Waals surface area contributed by atoms with E-state index in [1.54, 1.807) is 12.1 Å². The van der Waals surface area contributed by atoms with Crippen molar-refractivity contribution in [1.29, 1.82) is 0 Å². The van der Waals surface area contributed by atoms with Gasteiger partial charge in [-0.15, -0.1) is 0 Å². The summed E-state index contributed by atoms with van der Waals surface area (Å²) >= 11 is 0. The minimum absolute atomic E-state index is 0.0640. The second kappa shape index (κ2) is 3.89. The summed E-state index contributed by atoms with van der Waals surface area (Å²) in [5.74, 6) is -0.196. The second-order valence-electron chi connectivity index (χ2n) is 4.72. The molecule has 86 valence electrons. The van der Waals surface area contributed by atoms with Gasteiger partial charge >= 0.3 is 0 Å². The van der Waals surface area contributed by atoms with Crippen molar-refractivity contribution < 1.29 is 9.18 Å². The van der Waals surface area contributed by atoms with E-state index in [1.165, 1.54) is 12.1 Å². The van der Waals surface area contributed by atoms with Crippen LogP contribution in [-0.2, 0) is 10.2 Å². The molecule has 0 radical (unpaired) electrons. The zero-order valence-electron chi connectivity index (χ0n) is 9.59. The summed E-state index contributed by atoms with van der Waals surface area (Å²) < 4.78 is 12.8. The van der Waals surface area contributed by atoms with Crippen molar-refractivity contribution in [3.63, 3.8) is 0 Å². The van der Waals surface area contributed by atoms with Gasteiger partial charge in [0.1, 0.15) is 5.82 Å². The Morgan fingerprint density at radius 3 is 2.31 bits per heavy atom. The molecule has 1 aliphatic rings. The first-order valence-electron chi connectivity index (χ1n) is 5.61. The lowest BCUT2D eigenvalue weighted by molar-refractivity contribution is -0.124. The lowest BCUT2D eigenvalue weighted by Crippen LogP contribution is -2.38. The third-order valence-electron chi connectivity index (χ3n) is 3.00. The number of carbonyl (C=O) groups is 1. The summed E-state index contributed by atoms with van der Waals surface area (Å²) in [5.41, 5.74) is 0.532. The first kappa shape index (κ1) is 11.1. The molecule has 1 aromatic carbocycles. The molecule has 0 saturated heterocycles. The number of hydrogen-bond acceptors (Lipinski definition) is 1. The van der Waals surface area contributed by atoms with Crippen LogP contribution in [-0.4, -0.2) is 11.9 Å². The molecule has 0 heterocycles. The van der Waals surface area contributed by atoms with E-state index < -0.39 is 5.41 Å². The highest BCUT2D eigenvalue weighted by atomic mass is 19.1. The Hall–Kier alpha value is -1.38. The summed E-state index contributed by atoms with van der Waals surface area (Å²) in [6.07, 6.45) is 1.72. The average molecular weight is 221 g/mol. The van der Waals surface area contributed by atoms with Crippen LogP contribution in [0.2, 0.25) is 0 Å². The van der Waals surface area contributed by atoms with E-state index in [-0.39, 0.29) is 17.8 Å². The maximum atomic E-state index is 12.8. The van der Waals surface area contributed by atoms with Crippen molar-refractivity contribution in [2.24, 2.45) is 0 Å². The van der Waals surface area contributed by atoms with E-state index >= 15 is 0 Å². The molecule has 1 N–H and O–H groups in total. The fourth-order valence-electron chi connectivity index (χ4n) is 1.94. The van der Waals surface area contributed by atoms with Gasteiger partial charge in [0, 0.05) is 6.04 Å². The highest BCUT2D eigenvalue weighted by Gasteiger charge is 2.51. The number of rotatable bonds is 3. The topological polar surface area (TPSA) is 29.1 Å². The molecule has 3 heteroatoms. The van der Waals surface area contributed by atoms with Crippen molar-refractivity contribution in [3.05, 3.63) is 35.6 Å². The number of amides is 1. The maximum absolute atomic E-state index is 12.8. The van der Waals surface area contributed by atoms with Crippen LogP contribution in [0.25, 0.3) is 0 Å². The molecule has 1 aliphatic carbocycles.